The molecule has 3 rings (SSSR count). The highest BCUT2D eigenvalue weighted by Crippen LogP contribution is 2.32. The van der Waals surface area contributed by atoms with Crippen molar-refractivity contribution in [2.24, 2.45) is 4.99 Å². The third kappa shape index (κ3) is 4.67. The molecule has 0 spiro atoms. The van der Waals surface area contributed by atoms with Crippen LogP contribution in [-0.2, 0) is 19.9 Å². The van der Waals surface area contributed by atoms with Gasteiger partial charge in [0.05, 0.1) is 6.61 Å². The molecule has 1 atom stereocenters. The minimum absolute atomic E-state index is 0.0648. The van der Waals surface area contributed by atoms with Crippen LogP contribution in [0, 0.1) is 11.9 Å². The van der Waals surface area contributed by atoms with Crippen LogP contribution in [0.3, 0.4) is 0 Å². The normalized spacial score (nSPS) is 19.4. The first kappa shape index (κ1) is 20.6. The Labute approximate surface area is 161 Å². The zero-order chi connectivity index (χ0) is 21.2. The number of amidine groups is 1. The van der Waals surface area contributed by atoms with Crippen molar-refractivity contribution in [3.05, 3.63) is 53.9 Å². The Bertz CT molecular complexity index is 964. The van der Waals surface area contributed by atoms with Crippen molar-refractivity contribution in [2.45, 2.75) is 18.6 Å². The first-order chi connectivity index (χ1) is 13.6. The van der Waals surface area contributed by atoms with E-state index in [0.717, 1.165) is 6.07 Å². The van der Waals surface area contributed by atoms with Crippen LogP contribution in [-0.4, -0.2) is 36.2 Å². The Hall–Kier alpha value is -3.08. The Balaban J connectivity index is 1.86. The van der Waals surface area contributed by atoms with E-state index in [-0.39, 0.29) is 24.6 Å². The number of alkyl halides is 3. The summed E-state index contributed by atoms with van der Waals surface area (Å²) >= 11 is 0. The van der Waals surface area contributed by atoms with E-state index in [4.69, 9.17) is 4.74 Å². The van der Waals surface area contributed by atoms with Gasteiger partial charge in [0, 0.05) is 5.56 Å². The number of carbonyl (C=O) groups is 1. The predicted octanol–water partition coefficient (Wildman–Crippen LogP) is 3.28. The second-order valence-electron chi connectivity index (χ2n) is 6.37. The first-order valence-corrected chi connectivity index (χ1v) is 8.22. The molecule has 1 aliphatic rings. The fourth-order valence-electron chi connectivity index (χ4n) is 2.72. The smallest absolute Gasteiger partial charge is 0.371 e. The fourth-order valence-corrected chi connectivity index (χ4v) is 2.72. The van der Waals surface area contributed by atoms with E-state index >= 15 is 0 Å². The highest BCUT2D eigenvalue weighted by atomic mass is 19.4. The number of nitrogens with zero attached hydrogens (tertiary/aromatic N) is 2. The molecule has 29 heavy (non-hydrogen) atoms. The number of benzene rings is 1. The molecule has 0 amide bonds. The van der Waals surface area contributed by atoms with Crippen molar-refractivity contribution >= 4 is 11.8 Å². The van der Waals surface area contributed by atoms with Crippen LogP contribution < -0.4 is 5.48 Å². The van der Waals surface area contributed by atoms with Crippen LogP contribution in [0.15, 0.2) is 41.4 Å². The molecule has 1 aliphatic heterocycles. The van der Waals surface area contributed by atoms with Crippen molar-refractivity contribution in [1.82, 2.24) is 10.5 Å². The van der Waals surface area contributed by atoms with Crippen LogP contribution >= 0.6 is 0 Å². The Morgan fingerprint density at radius 2 is 2.00 bits per heavy atom. The number of hydrogen-bond acceptors (Lipinski definition) is 6. The minimum Gasteiger partial charge on any atom is -0.371 e. The van der Waals surface area contributed by atoms with Crippen molar-refractivity contribution < 1.29 is 36.3 Å². The highest BCUT2D eigenvalue weighted by Gasteiger charge is 2.42. The largest absolute Gasteiger partial charge is 0.493 e. The van der Waals surface area contributed by atoms with Crippen molar-refractivity contribution in [3.8, 4) is 11.1 Å². The topological polar surface area (TPSA) is 72.8 Å². The van der Waals surface area contributed by atoms with Crippen LogP contribution in [0.25, 0.3) is 11.1 Å². The summed E-state index contributed by atoms with van der Waals surface area (Å²) in [4.78, 5) is 22.2. The maximum atomic E-state index is 14.0. The average Bonchev–Trinajstić information content (AvgIpc) is 2.65. The average molecular weight is 415 g/mol. The number of carbonyl (C=O) groups excluding carboxylic acids is 1. The Kier molecular flexibility index (Phi) is 5.51. The van der Waals surface area contributed by atoms with E-state index in [0.29, 0.717) is 11.1 Å². The molecule has 0 bridgehead atoms. The summed E-state index contributed by atoms with van der Waals surface area (Å²) in [5.74, 6) is -4.49. The molecule has 0 radical (unpaired) electrons. The van der Waals surface area contributed by atoms with Crippen LogP contribution in [0.1, 0.15) is 12.5 Å². The van der Waals surface area contributed by atoms with Crippen molar-refractivity contribution in [2.75, 3.05) is 13.2 Å². The summed E-state index contributed by atoms with van der Waals surface area (Å²) in [7, 11) is 0. The molecule has 0 saturated carbocycles. The zero-order valence-corrected chi connectivity index (χ0v) is 14.9. The van der Waals surface area contributed by atoms with Gasteiger partial charge in [-0.25, -0.2) is 10.3 Å². The van der Waals surface area contributed by atoms with Gasteiger partial charge in [0.25, 0.3) is 0 Å². The van der Waals surface area contributed by atoms with Gasteiger partial charge in [-0.05, 0) is 36.2 Å². The molecular weight excluding hydrogens is 401 g/mol. The summed E-state index contributed by atoms with van der Waals surface area (Å²) in [5, 5.41) is 0. The monoisotopic (exact) mass is 415 g/mol. The van der Waals surface area contributed by atoms with Crippen LogP contribution in [0.5, 0.6) is 0 Å². The molecule has 0 fully saturated rings. The molecule has 1 unspecified atom stereocenters. The quantitative estimate of drug-likeness (QED) is 0.463. The van der Waals surface area contributed by atoms with Gasteiger partial charge in [-0.2, -0.15) is 26.9 Å². The number of halogens is 5. The third-order valence-electron chi connectivity index (χ3n) is 4.11. The van der Waals surface area contributed by atoms with Crippen molar-refractivity contribution in [3.63, 3.8) is 0 Å². The van der Waals surface area contributed by atoms with E-state index < -0.39 is 29.6 Å². The Morgan fingerprint density at radius 3 is 2.69 bits per heavy atom. The number of aromatic nitrogens is 1. The molecule has 1 aromatic carbocycles. The van der Waals surface area contributed by atoms with Gasteiger partial charge in [-0.1, -0.05) is 18.2 Å². The van der Waals surface area contributed by atoms with Crippen LogP contribution in [0.4, 0.5) is 22.0 Å². The predicted molar refractivity (Wildman–Crippen MR) is 90.5 cm³/mol. The van der Waals surface area contributed by atoms with Gasteiger partial charge in [0.15, 0.2) is 5.84 Å². The molecule has 6 nitrogen and oxygen atoms in total. The molecule has 11 heteroatoms. The molecule has 2 aromatic rings. The fraction of sp³-hybridized carbons (Fsp3) is 0.278. The summed E-state index contributed by atoms with van der Waals surface area (Å²) < 4.78 is 69.1. The van der Waals surface area contributed by atoms with Gasteiger partial charge >= 0.3 is 12.1 Å². The summed E-state index contributed by atoms with van der Waals surface area (Å²) in [6.07, 6.45) is -5.16. The summed E-state index contributed by atoms with van der Waals surface area (Å²) in [6, 6.07) is 8.70. The van der Waals surface area contributed by atoms with Gasteiger partial charge in [-0.3, -0.25) is 4.99 Å². The second kappa shape index (κ2) is 7.74. The molecule has 2 heterocycles. The lowest BCUT2D eigenvalue weighted by Crippen LogP contribution is -2.42. The minimum atomic E-state index is -5.16. The number of pyridine rings is 1. The summed E-state index contributed by atoms with van der Waals surface area (Å²) in [5.41, 5.74) is 1.80. The SMILES string of the molecule is CC1(c2cccc(-c3ccc(F)nc3F)c2)COCC(NOC(=O)C(F)(F)F)=N1. The van der Waals surface area contributed by atoms with Crippen molar-refractivity contribution in [1.29, 1.82) is 0 Å². The Morgan fingerprint density at radius 1 is 1.24 bits per heavy atom. The number of nitrogens with one attached hydrogen (secondary N) is 1. The molecule has 154 valence electrons. The number of hydrogen-bond donors (Lipinski definition) is 1. The lowest BCUT2D eigenvalue weighted by Gasteiger charge is -2.31. The molecule has 1 N–H and O–H groups in total. The van der Waals surface area contributed by atoms with E-state index in [1.54, 1.807) is 31.2 Å². The van der Waals surface area contributed by atoms with E-state index in [2.05, 4.69) is 14.8 Å². The maximum Gasteiger partial charge on any atom is 0.493 e. The standard InChI is InChI=1S/C18H14F5N3O3/c1-17(9-28-8-14(25-17)26-29-16(27)18(21,22)23)11-4-2-3-10(7-11)12-5-6-13(19)24-15(12)20/h2-7H,8-9H2,1H3,(H,25,26). The number of hydroxylamine groups is 1. The molecule has 0 aliphatic carbocycles. The maximum absolute atomic E-state index is 14.0. The van der Waals surface area contributed by atoms with Gasteiger partial charge < -0.3 is 9.57 Å². The second-order valence-corrected chi connectivity index (χ2v) is 6.37. The first-order valence-electron chi connectivity index (χ1n) is 8.22. The van der Waals surface area contributed by atoms with E-state index in [1.165, 1.54) is 6.07 Å². The lowest BCUT2D eigenvalue weighted by atomic mass is 9.90. The zero-order valence-electron chi connectivity index (χ0n) is 14.9. The van der Waals surface area contributed by atoms with Gasteiger partial charge in [-0.15, -0.1) is 0 Å². The van der Waals surface area contributed by atoms with Gasteiger partial charge in [0.1, 0.15) is 12.1 Å². The lowest BCUT2D eigenvalue weighted by molar-refractivity contribution is -0.204. The number of ether oxygens (including phenoxy) is 1. The van der Waals surface area contributed by atoms with E-state index in [9.17, 15) is 26.7 Å². The van der Waals surface area contributed by atoms with E-state index in [1.807, 2.05) is 5.48 Å². The molecule has 0 saturated heterocycles. The molecule has 1 aromatic heterocycles. The summed E-state index contributed by atoms with van der Waals surface area (Å²) in [6.45, 7) is 1.51. The van der Waals surface area contributed by atoms with Crippen LogP contribution in [0.2, 0.25) is 0 Å². The van der Waals surface area contributed by atoms with Gasteiger partial charge in [0.2, 0.25) is 11.9 Å². The highest BCUT2D eigenvalue weighted by molar-refractivity contribution is 5.85. The number of rotatable bonds is 2. The third-order valence-corrected chi connectivity index (χ3v) is 4.11. The molecular formula is C18H14F5N3O3. The number of aliphatic imine (C=N–C) groups is 1.